The molecule has 3 aromatic rings. The molecule has 1 atom stereocenters. The Morgan fingerprint density at radius 3 is 2.36 bits per heavy atom. The molecular weight excluding hydrogens is 466 g/mol. The zero-order chi connectivity index (χ0) is 24.8. The number of rotatable bonds is 5. The Balaban J connectivity index is 1.46. The van der Waals surface area contributed by atoms with Gasteiger partial charge in [0.2, 0.25) is 13.6 Å². The number of carbonyl (C=O) groups excluding carboxylic acids is 2. The van der Waals surface area contributed by atoms with E-state index in [0.717, 1.165) is 5.56 Å². The van der Waals surface area contributed by atoms with Crippen molar-refractivity contribution in [3.63, 3.8) is 0 Å². The minimum absolute atomic E-state index is 0.0205. The number of amides is 1. The third-order valence-corrected chi connectivity index (χ3v) is 6.39. The first kappa shape index (κ1) is 21.8. The highest BCUT2D eigenvalue weighted by Gasteiger charge is 2.46. The lowest BCUT2D eigenvalue weighted by atomic mass is 9.95. The van der Waals surface area contributed by atoms with E-state index >= 15 is 0 Å². The van der Waals surface area contributed by atoms with Crippen LogP contribution in [0.5, 0.6) is 28.7 Å². The van der Waals surface area contributed by atoms with Gasteiger partial charge < -0.3 is 33.7 Å². The molecule has 9 nitrogen and oxygen atoms in total. The summed E-state index contributed by atoms with van der Waals surface area (Å²) in [4.78, 5) is 28.1. The Labute approximate surface area is 206 Å². The maximum absolute atomic E-state index is 13.3. The Bertz CT molecular complexity index is 1430. The van der Waals surface area contributed by atoms with Gasteiger partial charge in [0.1, 0.15) is 11.5 Å². The van der Waals surface area contributed by atoms with Gasteiger partial charge in [-0.15, -0.1) is 0 Å². The van der Waals surface area contributed by atoms with E-state index in [9.17, 15) is 14.7 Å². The van der Waals surface area contributed by atoms with Crippen LogP contribution in [0.4, 0.5) is 0 Å². The molecule has 182 valence electrons. The molecule has 3 heterocycles. The van der Waals surface area contributed by atoms with E-state index < -0.39 is 17.7 Å². The Morgan fingerprint density at radius 2 is 1.61 bits per heavy atom. The SMILES string of the molecule is COc1cccc(C2/C(=C(/O)c3ccc4c(c3)OCO4)C(=O)C(=O)N2Cc2ccc3c(c2)OCO3)c1. The van der Waals surface area contributed by atoms with Gasteiger partial charge in [0, 0.05) is 12.1 Å². The topological polar surface area (TPSA) is 104 Å². The molecule has 9 heteroatoms. The summed E-state index contributed by atoms with van der Waals surface area (Å²) in [6.45, 7) is 0.312. The van der Waals surface area contributed by atoms with Crippen LogP contribution in [0.2, 0.25) is 0 Å². The van der Waals surface area contributed by atoms with Crippen LogP contribution in [0.15, 0.2) is 66.2 Å². The first-order valence-electron chi connectivity index (χ1n) is 11.2. The van der Waals surface area contributed by atoms with Gasteiger partial charge in [-0.1, -0.05) is 18.2 Å². The highest BCUT2D eigenvalue weighted by atomic mass is 16.7. The van der Waals surface area contributed by atoms with Crippen molar-refractivity contribution >= 4 is 17.4 Å². The molecule has 0 spiro atoms. The summed E-state index contributed by atoms with van der Waals surface area (Å²) in [7, 11) is 1.54. The van der Waals surface area contributed by atoms with E-state index in [1.165, 1.54) is 12.0 Å². The quantitative estimate of drug-likeness (QED) is 0.330. The standard InChI is InChI=1S/C27H21NO8/c1-32-18-4-2-3-16(10-18)24-23(25(29)17-6-8-20-22(11-17)36-14-34-20)26(30)27(31)28(24)12-15-5-7-19-21(9-15)35-13-33-19/h2-11,24,29H,12-14H2,1H3/b25-23-. The monoisotopic (exact) mass is 487 g/mol. The van der Waals surface area contributed by atoms with E-state index in [1.54, 1.807) is 54.6 Å². The smallest absolute Gasteiger partial charge is 0.295 e. The largest absolute Gasteiger partial charge is 0.507 e. The molecule has 1 unspecified atom stereocenters. The average molecular weight is 487 g/mol. The van der Waals surface area contributed by atoms with Crippen LogP contribution < -0.4 is 23.7 Å². The van der Waals surface area contributed by atoms with Crippen LogP contribution in [-0.4, -0.2) is 42.4 Å². The number of aliphatic hydroxyl groups excluding tert-OH is 1. The van der Waals surface area contributed by atoms with Crippen molar-refractivity contribution in [3.8, 4) is 28.7 Å². The minimum atomic E-state index is -0.851. The fourth-order valence-electron chi connectivity index (χ4n) is 4.64. The van der Waals surface area contributed by atoms with E-state index in [1.807, 2.05) is 6.07 Å². The van der Waals surface area contributed by atoms with Gasteiger partial charge in [0.05, 0.1) is 18.7 Å². The number of methoxy groups -OCH3 is 1. The molecule has 1 amide bonds. The normalized spacial score (nSPS) is 19.1. The number of fused-ring (bicyclic) bond motifs is 2. The maximum Gasteiger partial charge on any atom is 0.295 e. The fourth-order valence-corrected chi connectivity index (χ4v) is 4.64. The van der Waals surface area contributed by atoms with Crippen molar-refractivity contribution in [2.24, 2.45) is 0 Å². The van der Waals surface area contributed by atoms with Crippen LogP contribution in [-0.2, 0) is 16.1 Å². The molecule has 3 aromatic carbocycles. The molecule has 36 heavy (non-hydrogen) atoms. The van der Waals surface area contributed by atoms with Gasteiger partial charge in [-0.3, -0.25) is 9.59 Å². The van der Waals surface area contributed by atoms with Gasteiger partial charge >= 0.3 is 0 Å². The van der Waals surface area contributed by atoms with Gasteiger partial charge in [0.25, 0.3) is 11.7 Å². The van der Waals surface area contributed by atoms with E-state index in [4.69, 9.17) is 23.7 Å². The molecule has 0 aromatic heterocycles. The lowest BCUT2D eigenvalue weighted by Gasteiger charge is -2.26. The number of hydrogen-bond acceptors (Lipinski definition) is 8. The average Bonchev–Trinajstić information content (AvgIpc) is 3.62. The molecule has 1 fully saturated rings. The number of likely N-dealkylation sites (tertiary alicyclic amines) is 1. The maximum atomic E-state index is 13.3. The molecule has 0 aliphatic carbocycles. The second-order valence-corrected chi connectivity index (χ2v) is 8.46. The van der Waals surface area contributed by atoms with Crippen molar-refractivity contribution in [3.05, 3.63) is 82.9 Å². The van der Waals surface area contributed by atoms with Crippen molar-refractivity contribution < 1.29 is 38.4 Å². The highest BCUT2D eigenvalue weighted by Crippen LogP contribution is 2.43. The van der Waals surface area contributed by atoms with Crippen molar-refractivity contribution in [2.45, 2.75) is 12.6 Å². The Hall–Kier alpha value is -4.66. The number of ether oxygens (including phenoxy) is 5. The van der Waals surface area contributed by atoms with Crippen LogP contribution in [0.1, 0.15) is 22.7 Å². The van der Waals surface area contributed by atoms with Crippen LogP contribution in [0, 0.1) is 0 Å². The predicted octanol–water partition coefficient (Wildman–Crippen LogP) is 3.77. The molecule has 3 aliphatic rings. The van der Waals surface area contributed by atoms with Gasteiger partial charge in [-0.05, 0) is 53.6 Å². The summed E-state index contributed by atoms with van der Waals surface area (Å²) in [5.74, 6) is 0.944. The number of carbonyl (C=O) groups is 2. The second-order valence-electron chi connectivity index (χ2n) is 8.46. The molecule has 0 radical (unpaired) electrons. The lowest BCUT2D eigenvalue weighted by molar-refractivity contribution is -0.140. The number of hydrogen-bond donors (Lipinski definition) is 1. The molecule has 3 aliphatic heterocycles. The van der Waals surface area contributed by atoms with E-state index in [0.29, 0.717) is 39.9 Å². The highest BCUT2D eigenvalue weighted by molar-refractivity contribution is 6.46. The first-order valence-corrected chi connectivity index (χ1v) is 11.2. The molecule has 6 rings (SSSR count). The summed E-state index contributed by atoms with van der Waals surface area (Å²) in [6, 6.07) is 16.4. The fraction of sp³-hybridized carbons (Fsp3) is 0.185. The summed E-state index contributed by atoms with van der Waals surface area (Å²) in [5, 5.41) is 11.3. The van der Waals surface area contributed by atoms with Crippen molar-refractivity contribution in [2.75, 3.05) is 20.7 Å². The zero-order valence-corrected chi connectivity index (χ0v) is 19.2. The summed E-state index contributed by atoms with van der Waals surface area (Å²) in [6.07, 6.45) is 0. The summed E-state index contributed by atoms with van der Waals surface area (Å²) in [5.41, 5.74) is 1.69. The molecule has 0 saturated carbocycles. The van der Waals surface area contributed by atoms with Gasteiger partial charge in [-0.2, -0.15) is 0 Å². The summed E-state index contributed by atoms with van der Waals surface area (Å²) >= 11 is 0. The number of aliphatic hydroxyl groups is 1. The number of nitrogens with zero attached hydrogens (tertiary/aromatic N) is 1. The summed E-state index contributed by atoms with van der Waals surface area (Å²) < 4.78 is 27.0. The number of ketones is 1. The number of Topliss-reactive ketones (excluding diaryl/α,β-unsaturated/α-hetero) is 1. The van der Waals surface area contributed by atoms with Crippen molar-refractivity contribution in [1.29, 1.82) is 0 Å². The van der Waals surface area contributed by atoms with Crippen LogP contribution >= 0.6 is 0 Å². The van der Waals surface area contributed by atoms with E-state index in [-0.39, 0.29) is 31.5 Å². The van der Waals surface area contributed by atoms with Gasteiger partial charge in [0.15, 0.2) is 23.0 Å². The molecular formula is C27H21NO8. The van der Waals surface area contributed by atoms with Gasteiger partial charge in [-0.25, -0.2) is 0 Å². The third kappa shape index (κ3) is 3.56. The molecule has 0 bridgehead atoms. The van der Waals surface area contributed by atoms with Crippen LogP contribution in [0.3, 0.4) is 0 Å². The number of benzene rings is 3. The Kier molecular flexibility index (Phi) is 5.18. The minimum Gasteiger partial charge on any atom is -0.507 e. The zero-order valence-electron chi connectivity index (χ0n) is 19.2. The predicted molar refractivity (Wildman–Crippen MR) is 126 cm³/mol. The van der Waals surface area contributed by atoms with E-state index in [2.05, 4.69) is 0 Å². The molecule has 1 N–H and O–H groups in total. The first-order chi connectivity index (χ1) is 17.5. The van der Waals surface area contributed by atoms with Crippen molar-refractivity contribution in [1.82, 2.24) is 4.90 Å². The third-order valence-electron chi connectivity index (χ3n) is 6.39. The molecule has 1 saturated heterocycles. The lowest BCUT2D eigenvalue weighted by Crippen LogP contribution is -2.29. The van der Waals surface area contributed by atoms with Crippen LogP contribution in [0.25, 0.3) is 5.76 Å². The Morgan fingerprint density at radius 1 is 0.917 bits per heavy atom. The second kappa shape index (κ2) is 8.53.